The first-order chi connectivity index (χ1) is 16.5. The fourth-order valence-corrected chi connectivity index (χ4v) is 6.25. The summed E-state index contributed by atoms with van der Waals surface area (Å²) in [7, 11) is -0.449. The lowest BCUT2D eigenvalue weighted by atomic mass is 9.97. The molecule has 0 saturated carbocycles. The minimum Gasteiger partial charge on any atom is -0.497 e. The van der Waals surface area contributed by atoms with Gasteiger partial charge >= 0.3 is 0 Å². The van der Waals surface area contributed by atoms with E-state index < -0.39 is 10.0 Å². The fourth-order valence-electron chi connectivity index (χ4n) is 4.72. The molecule has 34 heavy (non-hydrogen) atoms. The summed E-state index contributed by atoms with van der Waals surface area (Å²) in [5, 5.41) is 1.82. The summed E-state index contributed by atoms with van der Waals surface area (Å²) in [4.78, 5) is 2.74. The molecule has 3 aromatic carbocycles. The first-order valence-corrected chi connectivity index (χ1v) is 13.3. The number of sulfonamides is 1. The van der Waals surface area contributed by atoms with E-state index in [2.05, 4.69) is 29.2 Å². The summed E-state index contributed by atoms with van der Waals surface area (Å²) in [6.07, 6.45) is 2.10. The highest BCUT2D eigenvalue weighted by Crippen LogP contribution is 2.27. The van der Waals surface area contributed by atoms with Gasteiger partial charge in [0.25, 0.3) is 0 Å². The second kappa shape index (κ2) is 11.3. The van der Waals surface area contributed by atoms with E-state index in [1.54, 1.807) is 30.7 Å². The van der Waals surface area contributed by atoms with Crippen LogP contribution in [0, 0.1) is 5.92 Å². The zero-order chi connectivity index (χ0) is 24.0. The third-order valence-corrected chi connectivity index (χ3v) is 8.38. The molecule has 0 aromatic heterocycles. The van der Waals surface area contributed by atoms with Crippen molar-refractivity contribution in [3.8, 4) is 5.75 Å². The van der Waals surface area contributed by atoms with Crippen LogP contribution in [0.25, 0.3) is 10.8 Å². The molecule has 4 rings (SSSR count). The lowest BCUT2D eigenvalue weighted by Crippen LogP contribution is -2.43. The van der Waals surface area contributed by atoms with Gasteiger partial charge < -0.3 is 9.47 Å². The topological polar surface area (TPSA) is 59.1 Å². The van der Waals surface area contributed by atoms with Crippen molar-refractivity contribution >= 4 is 20.8 Å². The van der Waals surface area contributed by atoms with Crippen molar-refractivity contribution in [3.63, 3.8) is 0 Å². The molecule has 1 heterocycles. The molecule has 7 heteroatoms. The summed E-state index contributed by atoms with van der Waals surface area (Å²) in [6.45, 7) is 4.03. The Bertz CT molecular complexity index is 1180. The van der Waals surface area contributed by atoms with Crippen LogP contribution in [-0.2, 0) is 21.3 Å². The molecule has 0 amide bonds. The van der Waals surface area contributed by atoms with Crippen molar-refractivity contribution in [1.82, 2.24) is 9.21 Å². The molecule has 0 radical (unpaired) electrons. The van der Waals surface area contributed by atoms with Gasteiger partial charge in [0.1, 0.15) is 5.75 Å². The molecule has 0 N–H and O–H groups in total. The molecule has 0 aliphatic carbocycles. The summed E-state index contributed by atoms with van der Waals surface area (Å²) in [5.41, 5.74) is 1.29. The molecule has 182 valence electrons. The van der Waals surface area contributed by atoms with Crippen molar-refractivity contribution in [2.24, 2.45) is 5.92 Å². The summed E-state index contributed by atoms with van der Waals surface area (Å²) in [5.74, 6) is 0.989. The number of fused-ring (bicyclic) bond motifs is 1. The van der Waals surface area contributed by atoms with Crippen molar-refractivity contribution in [1.29, 1.82) is 0 Å². The van der Waals surface area contributed by atoms with Gasteiger partial charge in [-0.15, -0.1) is 0 Å². The minimum absolute atomic E-state index is 0.282. The average molecular weight is 483 g/mol. The van der Waals surface area contributed by atoms with Gasteiger partial charge in [0, 0.05) is 33.3 Å². The maximum absolute atomic E-state index is 13.7. The van der Waals surface area contributed by atoms with Crippen molar-refractivity contribution in [3.05, 3.63) is 72.3 Å². The molecule has 1 aliphatic rings. The van der Waals surface area contributed by atoms with Gasteiger partial charge in [-0.2, -0.15) is 4.31 Å². The van der Waals surface area contributed by atoms with Gasteiger partial charge in [-0.1, -0.05) is 42.5 Å². The smallest absolute Gasteiger partial charge is 0.243 e. The summed E-state index contributed by atoms with van der Waals surface area (Å²) >= 11 is 0. The lowest BCUT2D eigenvalue weighted by Gasteiger charge is -2.35. The SMILES string of the molecule is COCCN(CC1CCCN(Cc2ccccc2)C1)S(=O)(=O)c1ccc2ccc(OC)cc2c1. The summed E-state index contributed by atoms with van der Waals surface area (Å²) < 4.78 is 39.6. The second-order valence-corrected chi connectivity index (χ2v) is 10.9. The Labute approximate surface area is 203 Å². The van der Waals surface area contributed by atoms with Gasteiger partial charge in [0.05, 0.1) is 18.6 Å². The number of piperidine rings is 1. The summed E-state index contributed by atoms with van der Waals surface area (Å²) in [6, 6.07) is 21.5. The first kappa shape index (κ1) is 24.7. The molecular formula is C27H34N2O4S. The Morgan fingerprint density at radius 3 is 2.56 bits per heavy atom. The Kier molecular flexibility index (Phi) is 8.21. The second-order valence-electron chi connectivity index (χ2n) is 8.96. The number of likely N-dealkylation sites (tertiary alicyclic amines) is 1. The molecule has 1 unspecified atom stereocenters. The predicted octanol–water partition coefficient (Wildman–Crippen LogP) is 4.40. The number of rotatable bonds is 10. The van der Waals surface area contributed by atoms with Crippen LogP contribution < -0.4 is 4.74 Å². The van der Waals surface area contributed by atoms with Gasteiger partial charge in [0.15, 0.2) is 0 Å². The maximum Gasteiger partial charge on any atom is 0.243 e. The molecule has 1 fully saturated rings. The standard InChI is InChI=1S/C27H34N2O4S/c1-32-16-15-29(21-23-9-6-14-28(20-23)19-22-7-4-3-5-8-22)34(30,31)27-13-11-24-10-12-26(33-2)17-25(24)18-27/h3-5,7-8,10-13,17-18,23H,6,9,14-16,19-21H2,1-2H3. The van der Waals surface area contributed by atoms with Crippen molar-refractivity contribution in [2.45, 2.75) is 24.3 Å². The van der Waals surface area contributed by atoms with Crippen LogP contribution in [0.2, 0.25) is 0 Å². The molecule has 0 bridgehead atoms. The lowest BCUT2D eigenvalue weighted by molar-refractivity contribution is 0.135. The van der Waals surface area contributed by atoms with Crippen LogP contribution in [-0.4, -0.2) is 64.6 Å². The Morgan fingerprint density at radius 2 is 1.79 bits per heavy atom. The van der Waals surface area contributed by atoms with Gasteiger partial charge in [-0.05, 0) is 65.9 Å². The Balaban J connectivity index is 1.52. The fraction of sp³-hybridized carbons (Fsp3) is 0.407. The quantitative estimate of drug-likeness (QED) is 0.429. The monoisotopic (exact) mass is 482 g/mol. The Hall–Kier alpha value is -2.45. The van der Waals surface area contributed by atoms with E-state index in [4.69, 9.17) is 9.47 Å². The van der Waals surface area contributed by atoms with Crippen molar-refractivity contribution < 1.29 is 17.9 Å². The molecule has 0 spiro atoms. The number of methoxy groups -OCH3 is 2. The highest BCUT2D eigenvalue weighted by Gasteiger charge is 2.29. The molecule has 1 aliphatic heterocycles. The average Bonchev–Trinajstić information content (AvgIpc) is 2.86. The van der Waals surface area contributed by atoms with E-state index in [1.807, 2.05) is 30.3 Å². The minimum atomic E-state index is -3.67. The van der Waals surface area contributed by atoms with Gasteiger partial charge in [0.2, 0.25) is 10.0 Å². The van der Waals surface area contributed by atoms with E-state index >= 15 is 0 Å². The van der Waals surface area contributed by atoms with Gasteiger partial charge in [-0.25, -0.2) is 8.42 Å². The van der Waals surface area contributed by atoms with Crippen molar-refractivity contribution in [2.75, 3.05) is 47.0 Å². The zero-order valence-electron chi connectivity index (χ0n) is 20.0. The van der Waals surface area contributed by atoms with Crippen LogP contribution >= 0.6 is 0 Å². The largest absolute Gasteiger partial charge is 0.497 e. The highest BCUT2D eigenvalue weighted by atomic mass is 32.2. The van der Waals surface area contributed by atoms with Crippen LogP contribution in [0.4, 0.5) is 0 Å². The number of ether oxygens (including phenoxy) is 2. The third-order valence-electron chi connectivity index (χ3n) is 6.52. The van der Waals surface area contributed by atoms with Crippen LogP contribution in [0.1, 0.15) is 18.4 Å². The first-order valence-electron chi connectivity index (χ1n) is 11.8. The van der Waals surface area contributed by atoms with Gasteiger partial charge in [-0.3, -0.25) is 4.90 Å². The van der Waals surface area contributed by atoms with E-state index in [0.29, 0.717) is 30.3 Å². The maximum atomic E-state index is 13.7. The third kappa shape index (κ3) is 5.96. The molecular weight excluding hydrogens is 448 g/mol. The van der Waals surface area contributed by atoms with E-state index in [-0.39, 0.29) is 5.92 Å². The van der Waals surface area contributed by atoms with Crippen LogP contribution in [0.15, 0.2) is 71.6 Å². The van der Waals surface area contributed by atoms with E-state index in [9.17, 15) is 8.42 Å². The highest BCUT2D eigenvalue weighted by molar-refractivity contribution is 7.89. The zero-order valence-corrected chi connectivity index (χ0v) is 20.8. The number of hydrogen-bond acceptors (Lipinski definition) is 5. The van der Waals surface area contributed by atoms with E-state index in [0.717, 1.165) is 43.2 Å². The number of hydrogen-bond donors (Lipinski definition) is 0. The predicted molar refractivity (Wildman–Crippen MR) is 136 cm³/mol. The number of benzene rings is 3. The Morgan fingerprint density at radius 1 is 1.00 bits per heavy atom. The molecule has 6 nitrogen and oxygen atoms in total. The number of nitrogens with zero attached hydrogens (tertiary/aromatic N) is 2. The normalized spacial score (nSPS) is 17.3. The molecule has 3 aromatic rings. The molecule has 1 atom stereocenters. The van der Waals surface area contributed by atoms with Crippen LogP contribution in [0.5, 0.6) is 5.75 Å². The van der Waals surface area contributed by atoms with Crippen LogP contribution in [0.3, 0.4) is 0 Å². The molecule has 1 saturated heterocycles. The van der Waals surface area contributed by atoms with E-state index in [1.165, 1.54) is 5.56 Å².